The SMILES string of the molecule is CC(CO)CN(CCc1ccccc1)C(=O)N[C@@H](Cc1ccccc1)C(=O)OC(C)(C)C. The summed E-state index contributed by atoms with van der Waals surface area (Å²) in [5, 5.41) is 12.4. The molecule has 0 saturated heterocycles. The first-order chi connectivity index (χ1) is 15.2. The van der Waals surface area contributed by atoms with Gasteiger partial charge in [0.05, 0.1) is 0 Å². The van der Waals surface area contributed by atoms with Crippen molar-refractivity contribution >= 4 is 12.0 Å². The molecule has 0 saturated carbocycles. The Kier molecular flexibility index (Phi) is 9.72. The Morgan fingerprint density at radius 1 is 1.00 bits per heavy atom. The van der Waals surface area contributed by atoms with Crippen LogP contribution >= 0.6 is 0 Å². The van der Waals surface area contributed by atoms with Gasteiger partial charge in [0, 0.05) is 26.1 Å². The van der Waals surface area contributed by atoms with Gasteiger partial charge in [-0.15, -0.1) is 0 Å². The summed E-state index contributed by atoms with van der Waals surface area (Å²) in [6, 6.07) is 18.3. The Morgan fingerprint density at radius 3 is 2.09 bits per heavy atom. The Labute approximate surface area is 191 Å². The average molecular weight is 441 g/mol. The summed E-state index contributed by atoms with van der Waals surface area (Å²) in [5.74, 6) is -0.543. The number of nitrogens with one attached hydrogen (secondary N) is 1. The van der Waals surface area contributed by atoms with E-state index in [1.54, 1.807) is 25.7 Å². The largest absolute Gasteiger partial charge is 0.458 e. The summed E-state index contributed by atoms with van der Waals surface area (Å²) in [4.78, 5) is 27.8. The molecule has 2 aromatic rings. The van der Waals surface area contributed by atoms with Crippen molar-refractivity contribution < 1.29 is 19.4 Å². The van der Waals surface area contributed by atoms with E-state index in [9.17, 15) is 14.7 Å². The lowest BCUT2D eigenvalue weighted by Crippen LogP contribution is -2.51. The standard InChI is InChI=1S/C26H36N2O4/c1-20(19-29)18-28(16-15-21-11-7-5-8-12-21)25(31)27-23(24(30)32-26(2,3)4)17-22-13-9-6-10-14-22/h5-14,20,23,29H,15-19H2,1-4H3,(H,27,31)/t20?,23-/m0/s1. The molecule has 0 aliphatic carbocycles. The molecule has 0 fully saturated rings. The second-order valence-corrected chi connectivity index (χ2v) is 9.19. The van der Waals surface area contributed by atoms with E-state index >= 15 is 0 Å². The monoisotopic (exact) mass is 440 g/mol. The van der Waals surface area contributed by atoms with Crippen LogP contribution in [-0.2, 0) is 22.4 Å². The van der Waals surface area contributed by atoms with E-state index in [4.69, 9.17) is 4.74 Å². The van der Waals surface area contributed by atoms with Crippen molar-refractivity contribution in [3.05, 3.63) is 71.8 Å². The third-order valence-electron chi connectivity index (χ3n) is 4.92. The maximum atomic E-state index is 13.2. The van der Waals surface area contributed by atoms with Crippen LogP contribution in [0.25, 0.3) is 0 Å². The van der Waals surface area contributed by atoms with Crippen LogP contribution in [0.15, 0.2) is 60.7 Å². The minimum atomic E-state index is -0.812. The summed E-state index contributed by atoms with van der Waals surface area (Å²) in [5.41, 5.74) is 1.40. The quantitative estimate of drug-likeness (QED) is 0.551. The van der Waals surface area contributed by atoms with E-state index in [0.717, 1.165) is 11.1 Å². The predicted molar refractivity (Wildman–Crippen MR) is 126 cm³/mol. The number of nitrogens with zero attached hydrogens (tertiary/aromatic N) is 1. The predicted octanol–water partition coefficient (Wildman–Crippen LogP) is 3.82. The van der Waals surface area contributed by atoms with Crippen molar-refractivity contribution in [2.45, 2.75) is 52.2 Å². The van der Waals surface area contributed by atoms with Gasteiger partial charge in [-0.1, -0.05) is 67.6 Å². The fourth-order valence-corrected chi connectivity index (χ4v) is 3.27. The molecule has 0 aliphatic heterocycles. The van der Waals surface area contributed by atoms with Crippen LogP contribution in [0.2, 0.25) is 0 Å². The molecule has 0 heterocycles. The number of benzene rings is 2. The van der Waals surface area contributed by atoms with Gasteiger partial charge < -0.3 is 20.1 Å². The van der Waals surface area contributed by atoms with Crippen molar-refractivity contribution in [1.29, 1.82) is 0 Å². The van der Waals surface area contributed by atoms with E-state index < -0.39 is 17.6 Å². The summed E-state index contributed by atoms with van der Waals surface area (Å²) in [7, 11) is 0. The fraction of sp³-hybridized carbons (Fsp3) is 0.462. The van der Waals surface area contributed by atoms with Crippen molar-refractivity contribution in [2.24, 2.45) is 5.92 Å². The summed E-state index contributed by atoms with van der Waals surface area (Å²) in [6.07, 6.45) is 1.02. The molecule has 2 amide bonds. The van der Waals surface area contributed by atoms with Gasteiger partial charge in [0.2, 0.25) is 0 Å². The van der Waals surface area contributed by atoms with Crippen LogP contribution in [-0.4, -0.2) is 53.3 Å². The van der Waals surface area contributed by atoms with Gasteiger partial charge in [0.15, 0.2) is 0 Å². The minimum Gasteiger partial charge on any atom is -0.458 e. The van der Waals surface area contributed by atoms with Crippen LogP contribution in [0.1, 0.15) is 38.8 Å². The number of amides is 2. The molecular formula is C26H36N2O4. The third-order valence-corrected chi connectivity index (χ3v) is 4.92. The number of hydrogen-bond donors (Lipinski definition) is 2. The number of ether oxygens (including phenoxy) is 1. The highest BCUT2D eigenvalue weighted by atomic mass is 16.6. The average Bonchev–Trinajstić information content (AvgIpc) is 2.76. The fourth-order valence-electron chi connectivity index (χ4n) is 3.27. The number of rotatable bonds is 10. The zero-order valence-corrected chi connectivity index (χ0v) is 19.6. The number of carbonyl (C=O) groups excluding carboxylic acids is 2. The lowest BCUT2D eigenvalue weighted by molar-refractivity contribution is -0.157. The smallest absolute Gasteiger partial charge is 0.329 e. The van der Waals surface area contributed by atoms with Crippen LogP contribution < -0.4 is 5.32 Å². The highest BCUT2D eigenvalue weighted by Gasteiger charge is 2.29. The van der Waals surface area contributed by atoms with Crippen molar-refractivity contribution in [3.63, 3.8) is 0 Å². The third kappa shape index (κ3) is 9.10. The summed E-state index contributed by atoms with van der Waals surface area (Å²) in [6.45, 7) is 8.16. The number of esters is 1. The van der Waals surface area contributed by atoms with E-state index in [1.807, 2.05) is 67.6 Å². The van der Waals surface area contributed by atoms with Gasteiger partial charge in [0.1, 0.15) is 11.6 Å². The van der Waals surface area contributed by atoms with E-state index in [0.29, 0.717) is 25.9 Å². The molecule has 2 atom stereocenters. The molecule has 1 unspecified atom stereocenters. The maximum Gasteiger partial charge on any atom is 0.329 e. The number of hydrogen-bond acceptors (Lipinski definition) is 4. The molecule has 0 radical (unpaired) electrons. The molecule has 0 bridgehead atoms. The Hall–Kier alpha value is -2.86. The van der Waals surface area contributed by atoms with Crippen LogP contribution in [0, 0.1) is 5.92 Å². The van der Waals surface area contributed by atoms with Gasteiger partial charge in [-0.05, 0) is 44.2 Å². The zero-order chi connectivity index (χ0) is 23.6. The normalized spacial score (nSPS) is 13.2. The molecule has 6 heteroatoms. The molecule has 0 spiro atoms. The van der Waals surface area contributed by atoms with Gasteiger partial charge in [0.25, 0.3) is 0 Å². The minimum absolute atomic E-state index is 0.0192. The molecule has 6 nitrogen and oxygen atoms in total. The molecule has 174 valence electrons. The number of carbonyl (C=O) groups is 2. The summed E-state index contributed by atoms with van der Waals surface area (Å²) < 4.78 is 5.57. The van der Waals surface area contributed by atoms with Gasteiger partial charge in [-0.2, -0.15) is 0 Å². The Bertz CT molecular complexity index is 834. The second-order valence-electron chi connectivity index (χ2n) is 9.19. The lowest BCUT2D eigenvalue weighted by atomic mass is 10.1. The van der Waals surface area contributed by atoms with Gasteiger partial charge >= 0.3 is 12.0 Å². The highest BCUT2D eigenvalue weighted by molar-refractivity contribution is 5.84. The number of urea groups is 1. The molecular weight excluding hydrogens is 404 g/mol. The maximum absolute atomic E-state index is 13.2. The van der Waals surface area contributed by atoms with E-state index in [1.165, 1.54) is 0 Å². The topological polar surface area (TPSA) is 78.9 Å². The van der Waals surface area contributed by atoms with Crippen molar-refractivity contribution in [3.8, 4) is 0 Å². The van der Waals surface area contributed by atoms with E-state index in [-0.39, 0.29) is 18.6 Å². The molecule has 0 aromatic heterocycles. The van der Waals surface area contributed by atoms with Gasteiger partial charge in [-0.25, -0.2) is 9.59 Å². The van der Waals surface area contributed by atoms with Crippen molar-refractivity contribution in [2.75, 3.05) is 19.7 Å². The van der Waals surface area contributed by atoms with Crippen molar-refractivity contribution in [1.82, 2.24) is 10.2 Å². The molecule has 0 aliphatic rings. The first-order valence-electron chi connectivity index (χ1n) is 11.1. The molecule has 2 rings (SSSR count). The first kappa shape index (κ1) is 25.4. The Balaban J connectivity index is 2.15. The van der Waals surface area contributed by atoms with E-state index in [2.05, 4.69) is 5.32 Å². The lowest BCUT2D eigenvalue weighted by Gasteiger charge is -2.29. The number of aliphatic hydroxyl groups excluding tert-OH is 1. The van der Waals surface area contributed by atoms with Crippen LogP contribution in [0.5, 0.6) is 0 Å². The molecule has 2 aromatic carbocycles. The summed E-state index contributed by atoms with van der Waals surface area (Å²) >= 11 is 0. The van der Waals surface area contributed by atoms with Crippen LogP contribution in [0.3, 0.4) is 0 Å². The molecule has 2 N–H and O–H groups in total. The zero-order valence-electron chi connectivity index (χ0n) is 19.6. The van der Waals surface area contributed by atoms with Crippen LogP contribution in [0.4, 0.5) is 4.79 Å². The first-order valence-corrected chi connectivity index (χ1v) is 11.1. The Morgan fingerprint density at radius 2 is 1.56 bits per heavy atom. The van der Waals surface area contributed by atoms with Gasteiger partial charge in [-0.3, -0.25) is 0 Å². The molecule has 32 heavy (non-hydrogen) atoms. The second kappa shape index (κ2) is 12.2. The highest BCUT2D eigenvalue weighted by Crippen LogP contribution is 2.13. The number of aliphatic hydroxyl groups is 1.